The highest BCUT2D eigenvalue weighted by molar-refractivity contribution is 6.30. The number of fused-ring (bicyclic) bond motifs is 1. The first kappa shape index (κ1) is 18.5. The van der Waals surface area contributed by atoms with Crippen LogP contribution in [0.2, 0.25) is 5.02 Å². The van der Waals surface area contributed by atoms with Gasteiger partial charge in [0.15, 0.2) is 0 Å². The first-order valence-corrected chi connectivity index (χ1v) is 8.00. The number of carbonyl (C=O) groups is 1. The smallest absolute Gasteiger partial charge is 0.415 e. The Morgan fingerprint density at radius 2 is 2.00 bits per heavy atom. The number of carbonyl (C=O) groups excluding carboxylic acids is 1. The minimum Gasteiger partial charge on any atom is -0.415 e. The molecule has 24 heavy (non-hydrogen) atoms. The van der Waals surface area contributed by atoms with Crippen molar-refractivity contribution in [1.29, 1.82) is 0 Å². The van der Waals surface area contributed by atoms with E-state index in [9.17, 15) is 18.0 Å². The Bertz CT molecular complexity index is 689. The average molecular weight is 360 g/mol. The molecular formula is C17H17ClF3NO2. The molecule has 7 heteroatoms. The summed E-state index contributed by atoms with van der Waals surface area (Å²) in [6, 6.07) is 3.81. The molecule has 1 heterocycles. The molecule has 1 aliphatic heterocycles. The molecule has 3 rings (SSSR count). The van der Waals surface area contributed by atoms with Gasteiger partial charge in [0.05, 0.1) is 5.69 Å². The van der Waals surface area contributed by atoms with E-state index in [1.165, 1.54) is 18.6 Å². The molecule has 0 saturated heterocycles. The lowest BCUT2D eigenvalue weighted by Crippen LogP contribution is -2.49. The van der Waals surface area contributed by atoms with Crippen LogP contribution in [0.5, 0.6) is 0 Å². The zero-order chi connectivity index (χ0) is 18.0. The van der Waals surface area contributed by atoms with Crippen molar-refractivity contribution in [2.24, 2.45) is 5.92 Å². The summed E-state index contributed by atoms with van der Waals surface area (Å²) < 4.78 is 45.4. The number of amides is 1. The van der Waals surface area contributed by atoms with Gasteiger partial charge in [-0.3, -0.25) is 5.32 Å². The molecule has 0 bridgehead atoms. The average Bonchev–Trinajstić information content (AvgIpc) is 3.29. The first-order chi connectivity index (χ1) is 11.2. The van der Waals surface area contributed by atoms with Gasteiger partial charge >= 0.3 is 12.3 Å². The maximum absolute atomic E-state index is 13.6. The van der Waals surface area contributed by atoms with Crippen LogP contribution in [0.15, 0.2) is 18.2 Å². The van der Waals surface area contributed by atoms with E-state index in [2.05, 4.69) is 35.7 Å². The Morgan fingerprint density at radius 3 is 2.54 bits per heavy atom. The highest BCUT2D eigenvalue weighted by Gasteiger charge is 2.62. The second-order valence-corrected chi connectivity index (χ2v) is 6.07. The van der Waals surface area contributed by atoms with Crippen molar-refractivity contribution in [2.45, 2.75) is 44.9 Å². The molecule has 2 aliphatic rings. The molecule has 0 aromatic heterocycles. The molecule has 1 fully saturated rings. The van der Waals surface area contributed by atoms with E-state index in [-0.39, 0.29) is 22.2 Å². The van der Waals surface area contributed by atoms with E-state index in [1.807, 2.05) is 0 Å². The Morgan fingerprint density at radius 1 is 1.38 bits per heavy atom. The van der Waals surface area contributed by atoms with Gasteiger partial charge in [-0.15, -0.1) is 0 Å². The number of cyclic esters (lactones) is 1. The van der Waals surface area contributed by atoms with Crippen LogP contribution >= 0.6 is 11.6 Å². The minimum atomic E-state index is -4.87. The van der Waals surface area contributed by atoms with Crippen LogP contribution in [-0.4, -0.2) is 12.3 Å². The van der Waals surface area contributed by atoms with E-state index in [4.69, 9.17) is 11.6 Å². The molecule has 1 amide bonds. The highest BCUT2D eigenvalue weighted by atomic mass is 35.5. The number of nitrogens with one attached hydrogen (secondary N) is 1. The number of hydrogen-bond acceptors (Lipinski definition) is 2. The van der Waals surface area contributed by atoms with Gasteiger partial charge in [-0.2, -0.15) is 13.2 Å². The Hall–Kier alpha value is -1.87. The summed E-state index contributed by atoms with van der Waals surface area (Å²) in [6.07, 6.45) is -3.29. The van der Waals surface area contributed by atoms with Crippen molar-refractivity contribution in [3.05, 3.63) is 28.8 Å². The van der Waals surface area contributed by atoms with Gasteiger partial charge in [0.2, 0.25) is 0 Å². The fourth-order valence-corrected chi connectivity index (χ4v) is 2.22. The van der Waals surface area contributed by atoms with E-state index >= 15 is 0 Å². The SMILES string of the molecule is CCC.O=C1Nc2ccc(Cl)cc2[C@@](C#CC2CC2)(C(F)(F)F)O1. The topological polar surface area (TPSA) is 38.3 Å². The first-order valence-electron chi connectivity index (χ1n) is 7.63. The van der Waals surface area contributed by atoms with Crippen LogP contribution in [0, 0.1) is 17.8 Å². The van der Waals surface area contributed by atoms with E-state index in [0.29, 0.717) is 0 Å². The second-order valence-electron chi connectivity index (χ2n) is 5.63. The second kappa shape index (κ2) is 6.94. The van der Waals surface area contributed by atoms with Gasteiger partial charge in [-0.25, -0.2) is 4.79 Å². The van der Waals surface area contributed by atoms with Crippen molar-refractivity contribution in [3.63, 3.8) is 0 Å². The molecule has 130 valence electrons. The summed E-state index contributed by atoms with van der Waals surface area (Å²) in [5.74, 6) is 4.60. The molecule has 1 saturated carbocycles. The van der Waals surface area contributed by atoms with Crippen molar-refractivity contribution in [2.75, 3.05) is 5.32 Å². The van der Waals surface area contributed by atoms with Crippen LogP contribution in [0.25, 0.3) is 0 Å². The normalized spacial score (nSPS) is 22.0. The third-order valence-corrected chi connectivity index (χ3v) is 3.51. The monoisotopic (exact) mass is 359 g/mol. The third kappa shape index (κ3) is 3.78. The fraction of sp³-hybridized carbons (Fsp3) is 0.471. The van der Waals surface area contributed by atoms with Crippen molar-refractivity contribution in [1.82, 2.24) is 0 Å². The number of halogens is 4. The molecule has 1 aromatic rings. The number of anilines is 1. The van der Waals surface area contributed by atoms with Gasteiger partial charge in [0, 0.05) is 16.5 Å². The van der Waals surface area contributed by atoms with Crippen molar-refractivity contribution in [3.8, 4) is 11.8 Å². The van der Waals surface area contributed by atoms with Crippen LogP contribution in [0.3, 0.4) is 0 Å². The van der Waals surface area contributed by atoms with Gasteiger partial charge in [-0.1, -0.05) is 37.8 Å². The van der Waals surface area contributed by atoms with Crippen LogP contribution in [0.1, 0.15) is 38.7 Å². The molecule has 0 spiro atoms. The van der Waals surface area contributed by atoms with E-state index in [1.54, 1.807) is 0 Å². The fourth-order valence-electron chi connectivity index (χ4n) is 2.05. The number of rotatable bonds is 0. The zero-order valence-electron chi connectivity index (χ0n) is 13.3. The Kier molecular flexibility index (Phi) is 5.34. The highest BCUT2D eigenvalue weighted by Crippen LogP contribution is 2.48. The quantitative estimate of drug-likeness (QED) is 0.622. The number of alkyl halides is 3. The lowest BCUT2D eigenvalue weighted by molar-refractivity contribution is -0.239. The molecule has 1 aliphatic carbocycles. The van der Waals surface area contributed by atoms with Crippen molar-refractivity contribution >= 4 is 23.4 Å². The van der Waals surface area contributed by atoms with Gasteiger partial charge in [0.1, 0.15) is 0 Å². The molecular weight excluding hydrogens is 343 g/mol. The Labute approximate surface area is 143 Å². The van der Waals surface area contributed by atoms with Crippen molar-refractivity contribution < 1.29 is 22.7 Å². The van der Waals surface area contributed by atoms with Crippen LogP contribution in [-0.2, 0) is 10.3 Å². The van der Waals surface area contributed by atoms with Gasteiger partial charge < -0.3 is 4.74 Å². The summed E-state index contributed by atoms with van der Waals surface area (Å²) in [5.41, 5.74) is -3.27. The number of hydrogen-bond donors (Lipinski definition) is 1. The predicted octanol–water partition coefficient (Wildman–Crippen LogP) is 5.49. The molecule has 3 nitrogen and oxygen atoms in total. The standard InChI is InChI=1S/C14H9ClF3NO2.C3H8/c15-9-3-4-11-10(7-9)13(14(16,17)18,21-12(20)19-11)6-5-8-1-2-8;1-3-2/h3-4,7-8H,1-2H2,(H,19,20);3H2,1-2H3/t13-;/m0./s1. The Balaban J connectivity index is 0.000000647. The van der Waals surface area contributed by atoms with Gasteiger partial charge in [-0.05, 0) is 37.0 Å². The molecule has 1 atom stereocenters. The van der Waals surface area contributed by atoms with Crippen LogP contribution < -0.4 is 5.32 Å². The summed E-state index contributed by atoms with van der Waals surface area (Å²) >= 11 is 5.78. The predicted molar refractivity (Wildman–Crippen MR) is 85.8 cm³/mol. The molecule has 1 aromatic carbocycles. The van der Waals surface area contributed by atoms with Crippen LogP contribution in [0.4, 0.5) is 23.7 Å². The third-order valence-electron chi connectivity index (χ3n) is 3.27. The number of benzene rings is 1. The van der Waals surface area contributed by atoms with Gasteiger partial charge in [0.25, 0.3) is 5.60 Å². The lowest BCUT2D eigenvalue weighted by Gasteiger charge is -2.35. The lowest BCUT2D eigenvalue weighted by atomic mass is 9.90. The maximum Gasteiger partial charge on any atom is 0.445 e. The van der Waals surface area contributed by atoms with E-state index < -0.39 is 17.9 Å². The summed E-state index contributed by atoms with van der Waals surface area (Å²) in [7, 11) is 0. The minimum absolute atomic E-state index is 0.00179. The summed E-state index contributed by atoms with van der Waals surface area (Å²) in [6.45, 7) is 4.25. The molecule has 0 unspecified atom stereocenters. The van der Waals surface area contributed by atoms with E-state index in [0.717, 1.165) is 18.9 Å². The number of ether oxygens (including phenoxy) is 1. The summed E-state index contributed by atoms with van der Waals surface area (Å²) in [5, 5.41) is 2.34. The zero-order valence-corrected chi connectivity index (χ0v) is 14.0. The summed E-state index contributed by atoms with van der Waals surface area (Å²) in [4.78, 5) is 11.5. The molecule has 1 N–H and O–H groups in total. The molecule has 0 radical (unpaired) electrons. The maximum atomic E-state index is 13.6. The largest absolute Gasteiger partial charge is 0.445 e.